The fraction of sp³-hybridized carbons (Fsp3) is 0.167. The molecule has 2 rings (SSSR count). The lowest BCUT2D eigenvalue weighted by Gasteiger charge is -1.99. The summed E-state index contributed by atoms with van der Waals surface area (Å²) in [4.78, 5) is 20.1. The Morgan fingerprint density at radius 1 is 1.50 bits per heavy atom. The molecule has 2 heterocycles. The van der Waals surface area contributed by atoms with Gasteiger partial charge >= 0.3 is 6.03 Å². The van der Waals surface area contributed by atoms with Crippen molar-refractivity contribution in [3.05, 3.63) is 34.6 Å². The van der Waals surface area contributed by atoms with Crippen molar-refractivity contribution in [1.29, 1.82) is 0 Å². The summed E-state index contributed by atoms with van der Waals surface area (Å²) in [6.07, 6.45) is 3.41. The number of amides is 2. The Morgan fingerprint density at radius 2 is 2.30 bits per heavy atom. The van der Waals surface area contributed by atoms with E-state index in [1.54, 1.807) is 19.3 Å². The minimum absolute atomic E-state index is 0.355. The molecule has 0 fully saturated rings. The van der Waals surface area contributed by atoms with Gasteiger partial charge in [0.25, 0.3) is 0 Å². The highest BCUT2D eigenvalue weighted by molar-refractivity contribution is 7.17. The molecule has 0 spiro atoms. The maximum atomic E-state index is 11.1. The van der Waals surface area contributed by atoms with E-state index in [9.17, 15) is 4.79 Å². The van der Waals surface area contributed by atoms with Gasteiger partial charge < -0.3 is 5.32 Å². The molecular formula is C12H12ClN5OS. The number of thiazole rings is 1. The number of hydrazone groups is 1. The molecule has 0 saturated carbocycles. The number of nitrogens with zero attached hydrogens (tertiary/aromatic N) is 3. The Labute approximate surface area is 124 Å². The van der Waals surface area contributed by atoms with Gasteiger partial charge in [-0.05, 0) is 19.1 Å². The third-order valence-corrected chi connectivity index (χ3v) is 3.97. The van der Waals surface area contributed by atoms with Gasteiger partial charge in [-0.3, -0.25) is 4.98 Å². The van der Waals surface area contributed by atoms with Gasteiger partial charge in [-0.2, -0.15) is 5.10 Å². The van der Waals surface area contributed by atoms with Gasteiger partial charge in [0.1, 0.15) is 10.2 Å². The highest BCUT2D eigenvalue weighted by Gasteiger charge is 2.13. The third-order valence-electron chi connectivity index (χ3n) is 2.38. The molecule has 0 aliphatic rings. The van der Waals surface area contributed by atoms with Gasteiger partial charge in [0.2, 0.25) is 0 Å². The van der Waals surface area contributed by atoms with Crippen LogP contribution in [0.25, 0.3) is 10.6 Å². The zero-order valence-corrected chi connectivity index (χ0v) is 12.4. The summed E-state index contributed by atoms with van der Waals surface area (Å²) in [5.74, 6) is 0. The molecule has 0 saturated heterocycles. The number of hydrogen-bond donors (Lipinski definition) is 2. The topological polar surface area (TPSA) is 79.3 Å². The first kappa shape index (κ1) is 14.4. The number of nitrogens with one attached hydrogen (secondary N) is 2. The number of aromatic nitrogens is 2. The van der Waals surface area contributed by atoms with Crippen molar-refractivity contribution < 1.29 is 4.79 Å². The average Bonchev–Trinajstić information content (AvgIpc) is 2.87. The molecule has 2 aromatic rings. The first-order valence-electron chi connectivity index (χ1n) is 5.71. The number of carbonyl (C=O) groups is 1. The molecule has 0 aromatic carbocycles. The molecule has 0 aliphatic carbocycles. The SMILES string of the molecule is CNC(=O)N/N=C(\C)c1sc(-c2cccnc2)nc1Cl. The van der Waals surface area contributed by atoms with E-state index in [-0.39, 0.29) is 0 Å². The predicted octanol–water partition coefficient (Wildman–Crippen LogP) is 2.51. The molecule has 0 aliphatic heterocycles. The average molecular weight is 310 g/mol. The van der Waals surface area contributed by atoms with Crippen molar-refractivity contribution in [3.63, 3.8) is 0 Å². The highest BCUT2D eigenvalue weighted by Crippen LogP contribution is 2.30. The van der Waals surface area contributed by atoms with E-state index in [1.165, 1.54) is 18.4 Å². The zero-order chi connectivity index (χ0) is 14.5. The molecule has 0 unspecified atom stereocenters. The summed E-state index contributed by atoms with van der Waals surface area (Å²) in [5, 5.41) is 7.48. The Bertz CT molecular complexity index is 641. The van der Waals surface area contributed by atoms with Gasteiger partial charge in [-0.15, -0.1) is 11.3 Å². The largest absolute Gasteiger partial charge is 0.340 e. The first-order chi connectivity index (χ1) is 9.61. The molecule has 2 amide bonds. The number of rotatable bonds is 3. The lowest BCUT2D eigenvalue weighted by molar-refractivity contribution is 0.243. The van der Waals surface area contributed by atoms with Crippen LogP contribution in [-0.4, -0.2) is 28.8 Å². The highest BCUT2D eigenvalue weighted by atomic mass is 35.5. The van der Waals surface area contributed by atoms with Gasteiger partial charge in [-0.25, -0.2) is 15.2 Å². The maximum absolute atomic E-state index is 11.1. The Kier molecular flexibility index (Phi) is 4.65. The van der Waals surface area contributed by atoms with Gasteiger partial charge in [0.05, 0.1) is 10.6 Å². The van der Waals surface area contributed by atoms with Crippen LogP contribution in [0.15, 0.2) is 29.6 Å². The summed E-state index contributed by atoms with van der Waals surface area (Å²) in [6, 6.07) is 3.34. The summed E-state index contributed by atoms with van der Waals surface area (Å²) >= 11 is 7.50. The summed E-state index contributed by atoms with van der Waals surface area (Å²) in [7, 11) is 1.51. The molecule has 2 aromatic heterocycles. The van der Waals surface area contributed by atoms with Crippen molar-refractivity contribution >= 4 is 34.7 Å². The molecule has 20 heavy (non-hydrogen) atoms. The quantitative estimate of drug-likeness (QED) is 0.675. The molecule has 2 N–H and O–H groups in total. The van der Waals surface area contributed by atoms with Crippen LogP contribution >= 0.6 is 22.9 Å². The fourth-order valence-corrected chi connectivity index (χ4v) is 2.66. The van der Waals surface area contributed by atoms with Crippen LogP contribution in [0.4, 0.5) is 4.79 Å². The van der Waals surface area contributed by atoms with E-state index in [2.05, 4.69) is 25.8 Å². The first-order valence-corrected chi connectivity index (χ1v) is 6.90. The minimum Gasteiger partial charge on any atom is -0.340 e. The zero-order valence-electron chi connectivity index (χ0n) is 10.8. The lowest BCUT2D eigenvalue weighted by Crippen LogP contribution is -2.29. The van der Waals surface area contributed by atoms with E-state index < -0.39 is 6.03 Å². The van der Waals surface area contributed by atoms with Crippen LogP contribution in [0, 0.1) is 0 Å². The van der Waals surface area contributed by atoms with E-state index >= 15 is 0 Å². The van der Waals surface area contributed by atoms with Crippen LogP contribution < -0.4 is 10.7 Å². The van der Waals surface area contributed by atoms with Crippen molar-refractivity contribution in [2.24, 2.45) is 5.10 Å². The number of halogens is 1. The van der Waals surface area contributed by atoms with Crippen LogP contribution in [0.5, 0.6) is 0 Å². The van der Waals surface area contributed by atoms with Crippen LogP contribution in [0.2, 0.25) is 5.15 Å². The second-order valence-corrected chi connectivity index (χ2v) is 5.13. The van der Waals surface area contributed by atoms with Crippen LogP contribution in [0.1, 0.15) is 11.8 Å². The molecule has 0 radical (unpaired) electrons. The second kappa shape index (κ2) is 6.44. The normalized spacial score (nSPS) is 11.2. The summed E-state index contributed by atoms with van der Waals surface area (Å²) in [6.45, 7) is 1.75. The standard InChI is InChI=1S/C12H12ClN5OS/c1-7(17-18-12(19)14-2)9-10(13)16-11(20-9)8-4-3-5-15-6-8/h3-6H,1-2H3,(H2,14,18,19)/b17-7+. The fourth-order valence-electron chi connectivity index (χ4n) is 1.38. The summed E-state index contributed by atoms with van der Waals surface area (Å²) < 4.78 is 0. The van der Waals surface area contributed by atoms with Crippen LogP contribution in [0.3, 0.4) is 0 Å². The number of hydrogen-bond acceptors (Lipinski definition) is 5. The molecular weight excluding hydrogens is 298 g/mol. The number of pyridine rings is 1. The number of urea groups is 1. The smallest absolute Gasteiger partial charge is 0.334 e. The van der Waals surface area contributed by atoms with Crippen molar-refractivity contribution in [2.45, 2.75) is 6.92 Å². The molecule has 8 heteroatoms. The Morgan fingerprint density at radius 3 is 2.95 bits per heavy atom. The maximum Gasteiger partial charge on any atom is 0.334 e. The molecule has 0 atom stereocenters. The monoisotopic (exact) mass is 309 g/mol. The molecule has 6 nitrogen and oxygen atoms in total. The summed E-state index contributed by atoms with van der Waals surface area (Å²) in [5.41, 5.74) is 3.83. The Balaban J connectivity index is 2.26. The van der Waals surface area contributed by atoms with E-state index in [0.717, 1.165) is 10.6 Å². The van der Waals surface area contributed by atoms with Gasteiger partial charge in [-0.1, -0.05) is 11.6 Å². The minimum atomic E-state index is -0.391. The number of carbonyl (C=O) groups excluding carboxylic acids is 1. The lowest BCUT2D eigenvalue weighted by atomic mass is 10.3. The third kappa shape index (κ3) is 3.31. The van der Waals surface area contributed by atoms with Crippen molar-refractivity contribution in [2.75, 3.05) is 7.05 Å². The van der Waals surface area contributed by atoms with E-state index in [0.29, 0.717) is 15.7 Å². The van der Waals surface area contributed by atoms with E-state index in [4.69, 9.17) is 11.6 Å². The Hall–Kier alpha value is -1.99. The van der Waals surface area contributed by atoms with Gasteiger partial charge in [0.15, 0.2) is 0 Å². The van der Waals surface area contributed by atoms with E-state index in [1.807, 2.05) is 12.1 Å². The molecule has 0 bridgehead atoms. The van der Waals surface area contributed by atoms with Gasteiger partial charge in [0, 0.05) is 25.0 Å². The van der Waals surface area contributed by atoms with Crippen LogP contribution in [-0.2, 0) is 0 Å². The second-order valence-electron chi connectivity index (χ2n) is 3.77. The van der Waals surface area contributed by atoms with Crippen molar-refractivity contribution in [1.82, 2.24) is 20.7 Å². The molecule has 104 valence electrons. The van der Waals surface area contributed by atoms with Crippen molar-refractivity contribution in [3.8, 4) is 10.6 Å². The predicted molar refractivity (Wildman–Crippen MR) is 80.2 cm³/mol.